The van der Waals surface area contributed by atoms with Gasteiger partial charge in [-0.25, -0.2) is 4.90 Å². The number of halogens is 4. The second kappa shape index (κ2) is 5.10. The highest BCUT2D eigenvalue weighted by molar-refractivity contribution is 6.30. The minimum atomic E-state index is -4.35. The lowest BCUT2D eigenvalue weighted by atomic mass is 9.65. The van der Waals surface area contributed by atoms with E-state index in [-0.39, 0.29) is 6.42 Å². The number of fused-ring (bicyclic) bond motifs is 2. The molecule has 0 spiro atoms. The van der Waals surface area contributed by atoms with Crippen molar-refractivity contribution < 1.29 is 13.2 Å². The van der Waals surface area contributed by atoms with E-state index >= 15 is 0 Å². The molecular formula is C15H15ClF3N3. The minimum Gasteiger partial charge on any atom is -0.263 e. The molecule has 3 rings (SSSR count). The largest absolute Gasteiger partial charge is 0.460 e. The maximum Gasteiger partial charge on any atom is 0.460 e. The predicted octanol–water partition coefficient (Wildman–Crippen LogP) is 3.89. The standard InChI is InChI=1S/C15H15ClF3N3/c1-9-13-3-2-12(22(13)15(17,18)19)5-14(9,8-20)10-4-11(16)7-21-6-10/h4,6-7,9,12-13H,2-3,5H2,1H3/t9-,12-,13+,14+/m0/s1. The molecule has 0 unspecified atom stereocenters. The number of rotatable bonds is 1. The lowest BCUT2D eigenvalue weighted by Gasteiger charge is -2.48. The summed E-state index contributed by atoms with van der Waals surface area (Å²) in [6.07, 6.45) is -0.264. The molecule has 0 aromatic carbocycles. The lowest BCUT2D eigenvalue weighted by molar-refractivity contribution is -0.276. The van der Waals surface area contributed by atoms with E-state index in [1.54, 1.807) is 19.2 Å². The second-order valence-corrected chi connectivity index (χ2v) is 6.58. The monoisotopic (exact) mass is 329 g/mol. The molecule has 1 aromatic rings. The lowest BCUT2D eigenvalue weighted by Crippen LogP contribution is -2.59. The number of hydrogen-bond donors (Lipinski definition) is 0. The zero-order valence-corrected chi connectivity index (χ0v) is 12.7. The normalized spacial score (nSPS) is 35.4. The van der Waals surface area contributed by atoms with Crippen LogP contribution in [-0.4, -0.2) is 28.3 Å². The maximum atomic E-state index is 13.3. The fraction of sp³-hybridized carbons (Fsp3) is 0.600. The molecule has 0 aliphatic carbocycles. The molecule has 1 aromatic heterocycles. The van der Waals surface area contributed by atoms with Crippen molar-refractivity contribution in [3.05, 3.63) is 29.0 Å². The first kappa shape index (κ1) is 15.6. The average Bonchev–Trinajstić information content (AvgIpc) is 2.81. The third kappa shape index (κ3) is 2.19. The van der Waals surface area contributed by atoms with Gasteiger partial charge in [0.1, 0.15) is 0 Å². The Labute approximate surface area is 131 Å². The van der Waals surface area contributed by atoms with Crippen LogP contribution < -0.4 is 0 Å². The highest BCUT2D eigenvalue weighted by Gasteiger charge is 2.61. The highest BCUT2D eigenvalue weighted by atomic mass is 35.5. The molecule has 3 heterocycles. The second-order valence-electron chi connectivity index (χ2n) is 6.14. The predicted molar refractivity (Wildman–Crippen MR) is 75.0 cm³/mol. The van der Waals surface area contributed by atoms with E-state index in [2.05, 4.69) is 11.1 Å². The average molecular weight is 330 g/mol. The number of hydrogen-bond acceptors (Lipinski definition) is 3. The van der Waals surface area contributed by atoms with Gasteiger partial charge in [0.2, 0.25) is 0 Å². The van der Waals surface area contributed by atoms with Crippen LogP contribution in [-0.2, 0) is 5.41 Å². The van der Waals surface area contributed by atoms with Gasteiger partial charge < -0.3 is 0 Å². The molecule has 2 aliphatic rings. The number of piperidine rings is 1. The van der Waals surface area contributed by atoms with Crippen molar-refractivity contribution in [3.8, 4) is 6.07 Å². The van der Waals surface area contributed by atoms with Gasteiger partial charge in [-0.1, -0.05) is 18.5 Å². The summed E-state index contributed by atoms with van der Waals surface area (Å²) in [5.74, 6) is -0.446. The number of nitrogens with zero attached hydrogens (tertiary/aromatic N) is 3. The summed E-state index contributed by atoms with van der Waals surface area (Å²) in [6, 6.07) is 2.62. The zero-order chi connectivity index (χ0) is 16.1. The first-order valence-corrected chi connectivity index (χ1v) is 7.55. The fourth-order valence-corrected chi connectivity index (χ4v) is 4.31. The minimum absolute atomic E-state index is 0.155. The topological polar surface area (TPSA) is 39.9 Å². The van der Waals surface area contributed by atoms with Crippen molar-refractivity contribution in [1.82, 2.24) is 9.88 Å². The molecule has 22 heavy (non-hydrogen) atoms. The summed E-state index contributed by atoms with van der Waals surface area (Å²) in [6.45, 7) is 1.73. The van der Waals surface area contributed by atoms with Crippen LogP contribution in [0.2, 0.25) is 5.02 Å². The smallest absolute Gasteiger partial charge is 0.263 e. The third-order valence-electron chi connectivity index (χ3n) is 5.17. The van der Waals surface area contributed by atoms with Crippen LogP contribution in [0, 0.1) is 17.2 Å². The van der Waals surface area contributed by atoms with E-state index in [4.69, 9.17) is 11.6 Å². The molecule has 0 saturated carbocycles. The van der Waals surface area contributed by atoms with Crippen LogP contribution in [0.5, 0.6) is 0 Å². The van der Waals surface area contributed by atoms with Crippen LogP contribution in [0.25, 0.3) is 0 Å². The van der Waals surface area contributed by atoms with Gasteiger partial charge in [-0.05, 0) is 36.8 Å². The summed E-state index contributed by atoms with van der Waals surface area (Å²) < 4.78 is 39.9. The molecule has 4 atom stereocenters. The molecular weight excluding hydrogens is 315 g/mol. The van der Waals surface area contributed by atoms with Crippen molar-refractivity contribution in [2.75, 3.05) is 0 Å². The van der Waals surface area contributed by atoms with Gasteiger partial charge in [0.05, 0.1) is 16.5 Å². The Hall–Kier alpha value is -1.32. The summed E-state index contributed by atoms with van der Waals surface area (Å²) in [5, 5.41) is 10.2. The Kier molecular flexibility index (Phi) is 3.61. The first-order valence-electron chi connectivity index (χ1n) is 7.17. The van der Waals surface area contributed by atoms with Gasteiger partial charge in [-0.15, -0.1) is 0 Å². The SMILES string of the molecule is C[C@H]1[C@H]2CC[C@@H](C[C@]1(C#N)c1cncc(Cl)c1)N2C(F)(F)F. The quantitative estimate of drug-likeness (QED) is 0.734. The fourth-order valence-electron chi connectivity index (χ4n) is 4.13. The van der Waals surface area contributed by atoms with Crippen LogP contribution in [0.4, 0.5) is 13.2 Å². The van der Waals surface area contributed by atoms with Gasteiger partial charge in [0.25, 0.3) is 0 Å². The maximum absolute atomic E-state index is 13.3. The molecule has 118 valence electrons. The summed E-state index contributed by atoms with van der Waals surface area (Å²) >= 11 is 5.96. The number of nitriles is 1. The van der Waals surface area contributed by atoms with Gasteiger partial charge in [-0.3, -0.25) is 4.98 Å². The van der Waals surface area contributed by atoms with Gasteiger partial charge in [0, 0.05) is 24.5 Å². The van der Waals surface area contributed by atoms with E-state index in [0.29, 0.717) is 28.3 Å². The summed E-state index contributed by atoms with van der Waals surface area (Å²) in [4.78, 5) is 4.65. The van der Waals surface area contributed by atoms with Crippen molar-refractivity contribution >= 4 is 11.6 Å². The summed E-state index contributed by atoms with van der Waals surface area (Å²) in [5.41, 5.74) is -0.348. The first-order chi connectivity index (χ1) is 10.3. The molecule has 0 amide bonds. The number of pyridine rings is 1. The zero-order valence-electron chi connectivity index (χ0n) is 11.9. The van der Waals surface area contributed by atoms with Crippen LogP contribution in [0.3, 0.4) is 0 Å². The van der Waals surface area contributed by atoms with Crippen molar-refractivity contribution in [3.63, 3.8) is 0 Å². The Morgan fingerprint density at radius 2 is 2.14 bits per heavy atom. The molecule has 7 heteroatoms. The van der Waals surface area contributed by atoms with E-state index in [1.807, 2.05) is 0 Å². The summed E-state index contributed by atoms with van der Waals surface area (Å²) in [7, 11) is 0. The van der Waals surface area contributed by atoms with E-state index in [1.165, 1.54) is 6.20 Å². The van der Waals surface area contributed by atoms with E-state index < -0.39 is 29.7 Å². The van der Waals surface area contributed by atoms with Gasteiger partial charge in [0.15, 0.2) is 0 Å². The molecule has 2 bridgehead atoms. The number of aromatic nitrogens is 1. The molecule has 2 fully saturated rings. The van der Waals surface area contributed by atoms with E-state index in [9.17, 15) is 18.4 Å². The number of alkyl halides is 3. The van der Waals surface area contributed by atoms with Crippen molar-refractivity contribution in [2.45, 2.75) is 50.0 Å². The Morgan fingerprint density at radius 3 is 2.73 bits per heavy atom. The van der Waals surface area contributed by atoms with Gasteiger partial charge in [-0.2, -0.15) is 18.4 Å². The van der Waals surface area contributed by atoms with Crippen LogP contribution in [0.15, 0.2) is 18.5 Å². The highest BCUT2D eigenvalue weighted by Crippen LogP contribution is 2.53. The molecule has 0 radical (unpaired) electrons. The molecule has 2 saturated heterocycles. The third-order valence-corrected chi connectivity index (χ3v) is 5.38. The van der Waals surface area contributed by atoms with E-state index in [0.717, 1.165) is 0 Å². The molecule has 0 N–H and O–H groups in total. The Morgan fingerprint density at radius 1 is 1.41 bits per heavy atom. The molecule has 2 aliphatic heterocycles. The van der Waals surface area contributed by atoms with Gasteiger partial charge >= 0.3 is 6.30 Å². The molecule has 3 nitrogen and oxygen atoms in total. The Balaban J connectivity index is 2.05. The van der Waals surface area contributed by atoms with Crippen LogP contribution >= 0.6 is 11.6 Å². The van der Waals surface area contributed by atoms with Crippen molar-refractivity contribution in [2.24, 2.45) is 5.92 Å². The van der Waals surface area contributed by atoms with Crippen LogP contribution in [0.1, 0.15) is 31.7 Å². The Bertz CT molecular complexity index is 627. The van der Waals surface area contributed by atoms with Crippen molar-refractivity contribution in [1.29, 1.82) is 5.26 Å².